The summed E-state index contributed by atoms with van der Waals surface area (Å²) >= 11 is 0. The number of phenols is 1. The molecule has 0 aliphatic heterocycles. The van der Waals surface area contributed by atoms with Crippen LogP contribution in [0.2, 0.25) is 0 Å². The van der Waals surface area contributed by atoms with Crippen molar-refractivity contribution in [1.82, 2.24) is 15.7 Å². The van der Waals surface area contributed by atoms with Crippen LogP contribution in [0.1, 0.15) is 39.2 Å². The highest BCUT2D eigenvalue weighted by atomic mass is 31.2. The number of hydrogen-bond donors (Lipinski definition) is 5. The molecule has 10 nitrogen and oxygen atoms in total. The topological polar surface area (TPSA) is 148 Å². The van der Waals surface area contributed by atoms with Crippen molar-refractivity contribution in [3.05, 3.63) is 29.8 Å². The fourth-order valence-corrected chi connectivity index (χ4v) is 3.92. The lowest BCUT2D eigenvalue weighted by Gasteiger charge is -2.29. The van der Waals surface area contributed by atoms with Crippen LogP contribution in [0.3, 0.4) is 0 Å². The molecule has 176 valence electrons. The van der Waals surface area contributed by atoms with Crippen molar-refractivity contribution in [1.29, 1.82) is 0 Å². The minimum absolute atomic E-state index is 0.0522. The second-order valence-corrected chi connectivity index (χ2v) is 9.62. The highest BCUT2D eigenvalue weighted by Gasteiger charge is 2.34. The number of rotatable bonds is 12. The molecule has 31 heavy (non-hydrogen) atoms. The second kappa shape index (κ2) is 12.2. The molecule has 0 saturated carbocycles. The lowest BCUT2D eigenvalue weighted by Crippen LogP contribution is -2.50. The van der Waals surface area contributed by atoms with Gasteiger partial charge in [0.15, 0.2) is 0 Å². The molecule has 0 fully saturated rings. The molecule has 3 atom stereocenters. The first-order valence-electron chi connectivity index (χ1n) is 10.1. The van der Waals surface area contributed by atoms with Crippen molar-refractivity contribution < 1.29 is 33.9 Å². The Labute approximate surface area is 183 Å². The lowest BCUT2D eigenvalue weighted by atomic mass is 10.0. The van der Waals surface area contributed by atoms with Crippen LogP contribution in [0.25, 0.3) is 0 Å². The summed E-state index contributed by atoms with van der Waals surface area (Å²) in [4.78, 5) is 49.7. The monoisotopic (exact) mass is 459 g/mol. The number of hydroxylamine groups is 2. The Morgan fingerprint density at radius 2 is 1.77 bits per heavy atom. The first-order valence-corrected chi connectivity index (χ1v) is 11.8. The van der Waals surface area contributed by atoms with E-state index in [1.807, 2.05) is 13.8 Å². The third-order valence-electron chi connectivity index (χ3n) is 4.77. The normalized spacial score (nSPS) is 14.9. The molecule has 0 heterocycles. The molecule has 0 radical (unpaired) electrons. The van der Waals surface area contributed by atoms with Crippen LogP contribution in [-0.2, 0) is 25.4 Å². The molecule has 5 N–H and O–H groups in total. The first-order chi connectivity index (χ1) is 14.4. The number of carbonyl (C=O) groups is 2. The third-order valence-corrected chi connectivity index (χ3v) is 6.09. The molecule has 0 saturated heterocycles. The Morgan fingerprint density at radius 1 is 1.19 bits per heavy atom. The Hall–Kier alpha value is -1.97. The van der Waals surface area contributed by atoms with Gasteiger partial charge in [-0.25, -0.2) is 4.79 Å². The number of nitrogens with one attached hydrogen (secondary N) is 2. The maximum atomic E-state index is 12.8. The maximum Gasteiger partial charge on any atom is 0.342 e. The summed E-state index contributed by atoms with van der Waals surface area (Å²) in [6, 6.07) is 4.52. The predicted octanol–water partition coefficient (Wildman–Crippen LogP) is 1.36. The Kier molecular flexibility index (Phi) is 10.6. The van der Waals surface area contributed by atoms with E-state index in [1.165, 1.54) is 26.2 Å². The van der Waals surface area contributed by atoms with Gasteiger partial charge >= 0.3 is 13.6 Å². The predicted molar refractivity (Wildman–Crippen MR) is 116 cm³/mol. The SMILES string of the molecule is CC[C@@H](N[C@@H](CC(C)C)C(=O)ON(C)[C@@H](Cc1ccc(O)cc1)C(=O)NC)P(=O)(O)O. The summed E-state index contributed by atoms with van der Waals surface area (Å²) in [7, 11) is -1.54. The van der Waals surface area contributed by atoms with Gasteiger partial charge in [-0.05, 0) is 36.5 Å². The highest BCUT2D eigenvalue weighted by Crippen LogP contribution is 2.41. The molecule has 1 rings (SSSR count). The number of amides is 1. The molecule has 0 unspecified atom stereocenters. The van der Waals surface area contributed by atoms with E-state index >= 15 is 0 Å². The number of benzene rings is 1. The molecule has 1 amide bonds. The smallest absolute Gasteiger partial charge is 0.342 e. The van der Waals surface area contributed by atoms with E-state index in [2.05, 4.69) is 10.6 Å². The summed E-state index contributed by atoms with van der Waals surface area (Å²) < 4.78 is 11.7. The summed E-state index contributed by atoms with van der Waals surface area (Å²) in [5, 5.41) is 15.8. The maximum absolute atomic E-state index is 12.8. The van der Waals surface area contributed by atoms with Gasteiger partial charge in [0.25, 0.3) is 0 Å². The van der Waals surface area contributed by atoms with Gasteiger partial charge in [-0.3, -0.25) is 14.7 Å². The Balaban J connectivity index is 2.99. The van der Waals surface area contributed by atoms with Crippen molar-refractivity contribution in [2.75, 3.05) is 14.1 Å². The van der Waals surface area contributed by atoms with E-state index < -0.39 is 31.4 Å². The standard InChI is InChI=1S/C20H34N3O7P/c1-6-18(31(27,28)29)22-16(11-13(2)3)20(26)30-23(5)17(19(25)21-4)12-14-7-9-15(24)10-8-14/h7-10,13,16-18,22,24H,6,11-12H2,1-5H3,(H,21,25)(H2,27,28,29)/t16-,17-,18-/m0/s1. The van der Waals surface area contributed by atoms with Gasteiger partial charge < -0.3 is 25.0 Å². The van der Waals surface area contributed by atoms with Gasteiger partial charge in [-0.1, -0.05) is 32.9 Å². The molecule has 11 heteroatoms. The van der Waals surface area contributed by atoms with Crippen molar-refractivity contribution in [2.45, 2.75) is 57.9 Å². The van der Waals surface area contributed by atoms with Crippen molar-refractivity contribution in [3.8, 4) is 5.75 Å². The highest BCUT2D eigenvalue weighted by molar-refractivity contribution is 7.52. The van der Waals surface area contributed by atoms with E-state index in [-0.39, 0.29) is 30.4 Å². The van der Waals surface area contributed by atoms with Gasteiger partial charge in [0.05, 0.1) is 0 Å². The van der Waals surface area contributed by atoms with E-state index in [1.54, 1.807) is 19.1 Å². The fraction of sp³-hybridized carbons (Fsp3) is 0.600. The molecule has 1 aromatic rings. The minimum atomic E-state index is -4.45. The molecule has 0 aromatic heterocycles. The molecular formula is C20H34N3O7P. The van der Waals surface area contributed by atoms with Crippen LogP contribution in [0, 0.1) is 5.92 Å². The zero-order chi connectivity index (χ0) is 23.8. The van der Waals surface area contributed by atoms with E-state index in [0.29, 0.717) is 6.42 Å². The molecular weight excluding hydrogens is 425 g/mol. The fourth-order valence-electron chi connectivity index (χ4n) is 3.07. The number of likely N-dealkylation sites (N-methyl/N-ethyl adjacent to an activating group) is 2. The van der Waals surface area contributed by atoms with Crippen LogP contribution in [0.4, 0.5) is 0 Å². The van der Waals surface area contributed by atoms with Crippen molar-refractivity contribution in [2.24, 2.45) is 5.92 Å². The lowest BCUT2D eigenvalue weighted by molar-refractivity contribution is -0.198. The van der Waals surface area contributed by atoms with Gasteiger partial charge in [0.1, 0.15) is 23.6 Å². The van der Waals surface area contributed by atoms with Gasteiger partial charge in [0.2, 0.25) is 5.91 Å². The quantitative estimate of drug-likeness (QED) is 0.231. The average molecular weight is 459 g/mol. The number of hydrogen-bond acceptors (Lipinski definition) is 7. The van der Waals surface area contributed by atoms with E-state index in [4.69, 9.17) is 4.84 Å². The molecule has 0 aliphatic carbocycles. The molecule has 1 aromatic carbocycles. The zero-order valence-electron chi connectivity index (χ0n) is 18.6. The van der Waals surface area contributed by atoms with E-state index in [9.17, 15) is 29.0 Å². The molecule has 0 aliphatic rings. The van der Waals surface area contributed by atoms with Crippen LogP contribution >= 0.6 is 7.60 Å². The van der Waals surface area contributed by atoms with E-state index in [0.717, 1.165) is 10.6 Å². The third kappa shape index (κ3) is 8.96. The summed E-state index contributed by atoms with van der Waals surface area (Å²) in [6.07, 6.45) is 0.640. The summed E-state index contributed by atoms with van der Waals surface area (Å²) in [5.41, 5.74) is 0.749. The summed E-state index contributed by atoms with van der Waals surface area (Å²) in [6.45, 7) is 5.37. The van der Waals surface area contributed by atoms with Gasteiger partial charge in [0, 0.05) is 20.5 Å². The Bertz CT molecular complexity index is 767. The van der Waals surface area contributed by atoms with Crippen molar-refractivity contribution in [3.63, 3.8) is 0 Å². The van der Waals surface area contributed by atoms with Crippen LogP contribution in [0.15, 0.2) is 24.3 Å². The van der Waals surface area contributed by atoms with Crippen molar-refractivity contribution >= 4 is 19.5 Å². The Morgan fingerprint density at radius 3 is 2.23 bits per heavy atom. The number of phenolic OH excluding ortho intramolecular Hbond substituents is 1. The van der Waals surface area contributed by atoms with Gasteiger partial charge in [-0.2, -0.15) is 0 Å². The number of nitrogens with zero attached hydrogens (tertiary/aromatic N) is 1. The molecule has 0 spiro atoms. The second-order valence-electron chi connectivity index (χ2n) is 7.82. The number of aromatic hydroxyl groups is 1. The van der Waals surface area contributed by atoms with Crippen LogP contribution in [-0.4, -0.2) is 63.8 Å². The average Bonchev–Trinajstić information content (AvgIpc) is 2.68. The number of carbonyl (C=O) groups excluding carboxylic acids is 2. The first kappa shape index (κ1) is 27.1. The van der Waals surface area contributed by atoms with Crippen LogP contribution < -0.4 is 10.6 Å². The zero-order valence-corrected chi connectivity index (χ0v) is 19.5. The molecule has 0 bridgehead atoms. The largest absolute Gasteiger partial charge is 0.508 e. The minimum Gasteiger partial charge on any atom is -0.508 e. The summed E-state index contributed by atoms with van der Waals surface area (Å²) in [5.74, 6) is -2.14. The van der Waals surface area contributed by atoms with Crippen LogP contribution in [0.5, 0.6) is 5.75 Å². The van der Waals surface area contributed by atoms with Gasteiger partial charge in [-0.15, -0.1) is 5.06 Å².